The summed E-state index contributed by atoms with van der Waals surface area (Å²) in [4.78, 5) is 0. The molecule has 1 aromatic rings. The highest BCUT2D eigenvalue weighted by Gasteiger charge is 2.18. The summed E-state index contributed by atoms with van der Waals surface area (Å²) in [6.45, 7) is 0. The van der Waals surface area contributed by atoms with Gasteiger partial charge in [0.25, 0.3) is 0 Å². The number of hydrogen-bond donors (Lipinski definition) is 4. The van der Waals surface area contributed by atoms with Crippen LogP contribution < -0.4 is 16.6 Å². The highest BCUT2D eigenvalue weighted by molar-refractivity contribution is 9.10. The van der Waals surface area contributed by atoms with Crippen LogP contribution in [0.25, 0.3) is 0 Å². The molecule has 8 heteroatoms. The fourth-order valence-corrected chi connectivity index (χ4v) is 1.50. The number of rotatable bonds is 2. The van der Waals surface area contributed by atoms with Crippen LogP contribution in [0.4, 0.5) is 10.1 Å². The van der Waals surface area contributed by atoms with Crippen LogP contribution in [-0.4, -0.2) is 17.4 Å². The van der Waals surface area contributed by atoms with Gasteiger partial charge in [-0.15, -0.1) is 0 Å². The number of nitrogens with two attached hydrogens (primary N) is 1. The van der Waals surface area contributed by atoms with Crippen LogP contribution in [0.15, 0.2) is 32.9 Å². The van der Waals surface area contributed by atoms with E-state index in [1.165, 1.54) is 12.1 Å². The molecule has 1 aliphatic heterocycles. The third-order valence-electron chi connectivity index (χ3n) is 1.98. The fourth-order valence-electron chi connectivity index (χ4n) is 1.16. The number of nitrogens with one attached hydrogen (secondary N) is 3. The van der Waals surface area contributed by atoms with Crippen LogP contribution in [0.2, 0.25) is 0 Å². The average molecular weight is 299 g/mol. The van der Waals surface area contributed by atoms with E-state index >= 15 is 0 Å². The molecule has 0 fully saturated rings. The van der Waals surface area contributed by atoms with Gasteiger partial charge < -0.3 is 5.73 Å². The Balaban J connectivity index is 2.22. The second-order valence-corrected chi connectivity index (χ2v) is 4.03. The summed E-state index contributed by atoms with van der Waals surface area (Å²) in [7, 11) is 0. The lowest BCUT2D eigenvalue weighted by Gasteiger charge is -2.04. The quantitative estimate of drug-likeness (QED) is 0.618. The predicted molar refractivity (Wildman–Crippen MR) is 67.6 cm³/mol. The van der Waals surface area contributed by atoms with Crippen molar-refractivity contribution in [1.82, 2.24) is 5.43 Å². The van der Waals surface area contributed by atoms with Crippen molar-refractivity contribution in [3.8, 4) is 0 Å². The Morgan fingerprint density at radius 3 is 2.94 bits per heavy atom. The van der Waals surface area contributed by atoms with Gasteiger partial charge in [0.05, 0.1) is 5.69 Å². The smallest absolute Gasteiger partial charge is 0.175 e. The Morgan fingerprint density at radius 2 is 2.29 bits per heavy atom. The van der Waals surface area contributed by atoms with Crippen molar-refractivity contribution in [2.75, 3.05) is 5.43 Å². The molecule has 0 radical (unpaired) electrons. The van der Waals surface area contributed by atoms with E-state index in [-0.39, 0.29) is 17.4 Å². The molecule has 2 rings (SSSR count). The molecule has 0 spiro atoms. The SMILES string of the molecule is N=C1NN=C(N)/C1=N/Nc1cc(F)ccc1Br. The Bertz CT molecular complexity index is 538. The minimum absolute atomic E-state index is 0.0116. The van der Waals surface area contributed by atoms with Crippen LogP contribution in [0.1, 0.15) is 0 Å². The summed E-state index contributed by atoms with van der Waals surface area (Å²) in [5.41, 5.74) is 11.1. The molecular weight excluding hydrogens is 291 g/mol. The molecule has 0 saturated heterocycles. The predicted octanol–water partition coefficient (Wildman–Crippen LogP) is 1.21. The van der Waals surface area contributed by atoms with E-state index in [1.807, 2.05) is 0 Å². The molecule has 0 atom stereocenters. The van der Waals surface area contributed by atoms with E-state index in [2.05, 4.69) is 37.0 Å². The van der Waals surface area contributed by atoms with Crippen molar-refractivity contribution in [2.45, 2.75) is 0 Å². The minimum atomic E-state index is -0.392. The van der Waals surface area contributed by atoms with Crippen LogP contribution in [0.3, 0.4) is 0 Å². The molecule has 0 aromatic heterocycles. The van der Waals surface area contributed by atoms with Crippen molar-refractivity contribution in [3.05, 3.63) is 28.5 Å². The number of halogens is 2. The van der Waals surface area contributed by atoms with Gasteiger partial charge in [-0.25, -0.2) is 4.39 Å². The van der Waals surface area contributed by atoms with Gasteiger partial charge >= 0.3 is 0 Å². The van der Waals surface area contributed by atoms with Gasteiger partial charge in [-0.05, 0) is 34.1 Å². The molecule has 0 amide bonds. The molecule has 88 valence electrons. The van der Waals surface area contributed by atoms with Crippen LogP contribution in [0.5, 0.6) is 0 Å². The van der Waals surface area contributed by atoms with Gasteiger partial charge in [-0.1, -0.05) is 0 Å². The molecule has 1 aliphatic rings. The zero-order valence-electron chi connectivity index (χ0n) is 8.46. The standard InChI is InChI=1S/C9H8BrFN6/c10-5-2-1-4(11)3-6(5)14-15-7-8(12)16-17-9(7)13/h1-3,14H,(H4,12,13,15,16,17). The number of anilines is 1. The number of hydrogen-bond acceptors (Lipinski definition) is 5. The van der Waals surface area contributed by atoms with Crippen molar-refractivity contribution < 1.29 is 4.39 Å². The lowest BCUT2D eigenvalue weighted by Crippen LogP contribution is -2.28. The van der Waals surface area contributed by atoms with Crippen LogP contribution in [-0.2, 0) is 0 Å². The van der Waals surface area contributed by atoms with Gasteiger partial charge in [0.1, 0.15) is 5.82 Å². The number of hydrazone groups is 2. The lowest BCUT2D eigenvalue weighted by atomic mass is 10.3. The largest absolute Gasteiger partial charge is 0.380 e. The second-order valence-electron chi connectivity index (χ2n) is 3.18. The highest BCUT2D eigenvalue weighted by Crippen LogP contribution is 2.22. The van der Waals surface area contributed by atoms with Crippen LogP contribution in [0, 0.1) is 11.2 Å². The molecule has 0 aliphatic carbocycles. The second kappa shape index (κ2) is 4.50. The van der Waals surface area contributed by atoms with E-state index in [4.69, 9.17) is 11.1 Å². The first-order chi connectivity index (χ1) is 8.08. The summed E-state index contributed by atoms with van der Waals surface area (Å²) in [6, 6.07) is 4.14. The lowest BCUT2D eigenvalue weighted by molar-refractivity contribution is 0.628. The first-order valence-electron chi connectivity index (χ1n) is 4.55. The van der Waals surface area contributed by atoms with Crippen molar-refractivity contribution >= 4 is 39.0 Å². The molecule has 0 unspecified atom stereocenters. The normalized spacial score (nSPS) is 16.9. The number of nitrogens with zero attached hydrogens (tertiary/aromatic N) is 2. The van der Waals surface area contributed by atoms with Crippen molar-refractivity contribution in [1.29, 1.82) is 5.41 Å². The molecule has 6 nitrogen and oxygen atoms in total. The first-order valence-corrected chi connectivity index (χ1v) is 5.34. The summed E-state index contributed by atoms with van der Waals surface area (Å²) in [5.74, 6) is -0.297. The van der Waals surface area contributed by atoms with Crippen LogP contribution >= 0.6 is 15.9 Å². The maximum Gasteiger partial charge on any atom is 0.175 e. The molecule has 17 heavy (non-hydrogen) atoms. The fraction of sp³-hybridized carbons (Fsp3) is 0. The van der Waals surface area contributed by atoms with Gasteiger partial charge in [-0.2, -0.15) is 10.2 Å². The molecule has 0 bridgehead atoms. The van der Waals surface area contributed by atoms with E-state index in [0.29, 0.717) is 10.2 Å². The zero-order valence-corrected chi connectivity index (χ0v) is 10.0. The zero-order chi connectivity index (χ0) is 12.4. The Hall–Kier alpha value is -1.96. The Labute approximate surface area is 104 Å². The maximum atomic E-state index is 13.0. The van der Waals surface area contributed by atoms with Gasteiger partial charge in [0, 0.05) is 4.47 Å². The first kappa shape index (κ1) is 11.5. The summed E-state index contributed by atoms with van der Waals surface area (Å²) >= 11 is 3.24. The average Bonchev–Trinajstić information content (AvgIpc) is 2.61. The van der Waals surface area contributed by atoms with E-state index in [9.17, 15) is 4.39 Å². The molecule has 1 aromatic carbocycles. The summed E-state index contributed by atoms with van der Waals surface area (Å²) in [5, 5.41) is 14.9. The Kier molecular flexibility index (Phi) is 3.05. The van der Waals surface area contributed by atoms with E-state index < -0.39 is 5.82 Å². The molecule has 0 saturated carbocycles. The molecular formula is C9H8BrFN6. The third-order valence-corrected chi connectivity index (χ3v) is 2.68. The van der Waals surface area contributed by atoms with Gasteiger partial charge in [-0.3, -0.25) is 16.3 Å². The van der Waals surface area contributed by atoms with E-state index in [1.54, 1.807) is 6.07 Å². The third kappa shape index (κ3) is 2.41. The monoisotopic (exact) mass is 298 g/mol. The van der Waals surface area contributed by atoms with Crippen molar-refractivity contribution in [3.63, 3.8) is 0 Å². The van der Waals surface area contributed by atoms with Gasteiger partial charge in [0.15, 0.2) is 17.4 Å². The highest BCUT2D eigenvalue weighted by atomic mass is 79.9. The number of benzene rings is 1. The maximum absolute atomic E-state index is 13.0. The summed E-state index contributed by atoms with van der Waals surface area (Å²) in [6.07, 6.45) is 0. The molecule has 1 heterocycles. The van der Waals surface area contributed by atoms with E-state index in [0.717, 1.165) is 0 Å². The number of amidine groups is 2. The van der Waals surface area contributed by atoms with Crippen molar-refractivity contribution in [2.24, 2.45) is 15.9 Å². The molecule has 5 N–H and O–H groups in total. The topological polar surface area (TPSA) is 98.7 Å². The Morgan fingerprint density at radius 1 is 1.53 bits per heavy atom. The minimum Gasteiger partial charge on any atom is -0.380 e. The summed E-state index contributed by atoms with van der Waals surface area (Å²) < 4.78 is 13.6. The van der Waals surface area contributed by atoms with Gasteiger partial charge in [0.2, 0.25) is 0 Å².